The molecule has 23 heavy (non-hydrogen) atoms. The summed E-state index contributed by atoms with van der Waals surface area (Å²) >= 11 is 19.2. The zero-order valence-electron chi connectivity index (χ0n) is 11.9. The summed E-state index contributed by atoms with van der Waals surface area (Å²) < 4.78 is 4.39. The first-order chi connectivity index (χ1) is 11.0. The molecule has 1 aromatic heterocycles. The largest absolute Gasteiger partial charge is 0.323 e. The summed E-state index contributed by atoms with van der Waals surface area (Å²) in [5.41, 5.74) is 1.27. The van der Waals surface area contributed by atoms with Gasteiger partial charge in [0.25, 0.3) is 0 Å². The molecule has 1 aliphatic rings. The monoisotopic (exact) mass is 390 g/mol. The Labute approximate surface area is 152 Å². The third-order valence-electron chi connectivity index (χ3n) is 3.72. The maximum absolute atomic E-state index is 12.6. The van der Waals surface area contributed by atoms with Crippen LogP contribution in [0.5, 0.6) is 0 Å². The molecule has 2 aromatic rings. The van der Waals surface area contributed by atoms with Crippen LogP contribution in [-0.4, -0.2) is 33.0 Å². The Kier molecular flexibility index (Phi) is 5.38. The number of halogens is 3. The van der Waals surface area contributed by atoms with Gasteiger partial charge < -0.3 is 5.32 Å². The van der Waals surface area contributed by atoms with Gasteiger partial charge in [0.15, 0.2) is 0 Å². The molecule has 122 valence electrons. The molecule has 1 aromatic carbocycles. The molecule has 0 spiro atoms. The van der Waals surface area contributed by atoms with Crippen LogP contribution in [0.15, 0.2) is 18.2 Å². The number of benzene rings is 1. The van der Waals surface area contributed by atoms with E-state index in [1.165, 1.54) is 0 Å². The first-order valence-corrected chi connectivity index (χ1v) is 8.92. The molecule has 0 unspecified atom stereocenters. The second kappa shape index (κ2) is 7.32. The second-order valence-electron chi connectivity index (χ2n) is 5.24. The molecule has 9 heteroatoms. The quantitative estimate of drug-likeness (QED) is 0.852. The van der Waals surface area contributed by atoms with Crippen LogP contribution in [0.3, 0.4) is 0 Å². The van der Waals surface area contributed by atoms with Crippen LogP contribution in [0.2, 0.25) is 14.4 Å². The van der Waals surface area contributed by atoms with Crippen LogP contribution in [0.25, 0.3) is 0 Å². The fraction of sp³-hybridized carbons (Fsp3) is 0.357. The van der Waals surface area contributed by atoms with E-state index in [1.807, 2.05) is 0 Å². The lowest BCUT2D eigenvalue weighted by atomic mass is 10.2. The summed E-state index contributed by atoms with van der Waals surface area (Å²) in [6.45, 7) is 1.34. The number of amides is 1. The predicted octanol–water partition coefficient (Wildman–Crippen LogP) is 4.10. The van der Waals surface area contributed by atoms with Gasteiger partial charge in [0.05, 0.1) is 16.8 Å². The summed E-state index contributed by atoms with van der Waals surface area (Å²) in [5.74, 6) is -0.0916. The Morgan fingerprint density at radius 2 is 2.22 bits per heavy atom. The van der Waals surface area contributed by atoms with Crippen molar-refractivity contribution < 1.29 is 4.79 Å². The molecular weight excluding hydrogens is 379 g/mol. The second-order valence-corrected chi connectivity index (χ2v) is 7.44. The van der Waals surface area contributed by atoms with Gasteiger partial charge in [-0.3, -0.25) is 9.69 Å². The van der Waals surface area contributed by atoms with Gasteiger partial charge in [-0.25, -0.2) is 0 Å². The molecular formula is C14H13Cl3N4OS. The van der Waals surface area contributed by atoms with E-state index < -0.39 is 0 Å². The van der Waals surface area contributed by atoms with Gasteiger partial charge in [-0.05, 0) is 37.6 Å². The molecule has 1 N–H and O–H groups in total. The van der Waals surface area contributed by atoms with Crippen LogP contribution in [-0.2, 0) is 11.3 Å². The fourth-order valence-electron chi connectivity index (χ4n) is 2.60. The molecule has 0 aliphatic carbocycles. The van der Waals surface area contributed by atoms with Crippen molar-refractivity contribution in [3.05, 3.63) is 38.3 Å². The number of nitrogens with one attached hydrogen (secondary N) is 1. The maximum atomic E-state index is 12.6. The highest BCUT2D eigenvalue weighted by molar-refractivity contribution is 7.10. The summed E-state index contributed by atoms with van der Waals surface area (Å²) in [6.07, 6.45) is 1.73. The van der Waals surface area contributed by atoms with Crippen LogP contribution in [0.4, 0.5) is 5.69 Å². The van der Waals surface area contributed by atoms with Crippen molar-refractivity contribution in [3.63, 3.8) is 0 Å². The van der Waals surface area contributed by atoms with Crippen molar-refractivity contribution in [3.8, 4) is 0 Å². The molecule has 1 amide bonds. The van der Waals surface area contributed by atoms with Crippen molar-refractivity contribution in [2.45, 2.75) is 25.4 Å². The summed E-state index contributed by atoms with van der Waals surface area (Å²) in [6, 6.07) is 4.75. The van der Waals surface area contributed by atoms with Gasteiger partial charge in [-0.15, -0.1) is 5.10 Å². The standard InChI is InChI=1S/C14H13Cl3N4OS/c15-8-3-4-10(9(16)6-8)18-14(22)12-2-1-5-21(12)7-11-13(17)23-20-19-11/h3-4,6,12H,1-2,5,7H2,(H,18,22)/t12-/m1/s1. The van der Waals surface area contributed by atoms with Crippen LogP contribution < -0.4 is 5.32 Å². The van der Waals surface area contributed by atoms with E-state index in [-0.39, 0.29) is 11.9 Å². The summed E-state index contributed by atoms with van der Waals surface area (Å²) in [4.78, 5) is 14.6. The number of likely N-dealkylation sites (tertiary alicyclic amines) is 1. The van der Waals surface area contributed by atoms with E-state index in [0.717, 1.165) is 30.9 Å². The van der Waals surface area contributed by atoms with Gasteiger partial charge in [0.2, 0.25) is 5.91 Å². The molecule has 3 rings (SSSR count). The van der Waals surface area contributed by atoms with Crippen molar-refractivity contribution in [1.29, 1.82) is 0 Å². The number of hydrogen-bond acceptors (Lipinski definition) is 5. The zero-order chi connectivity index (χ0) is 16.4. The highest BCUT2D eigenvalue weighted by atomic mass is 35.5. The van der Waals surface area contributed by atoms with E-state index in [4.69, 9.17) is 34.8 Å². The van der Waals surface area contributed by atoms with Gasteiger partial charge in [-0.1, -0.05) is 39.3 Å². The smallest absolute Gasteiger partial charge is 0.241 e. The lowest BCUT2D eigenvalue weighted by Crippen LogP contribution is -2.39. The molecule has 0 bridgehead atoms. The molecule has 1 aliphatic heterocycles. The zero-order valence-corrected chi connectivity index (χ0v) is 15.0. The number of carbonyl (C=O) groups excluding carboxylic acids is 1. The van der Waals surface area contributed by atoms with Crippen molar-refractivity contribution >= 4 is 57.9 Å². The number of anilines is 1. The molecule has 1 saturated heterocycles. The first kappa shape index (κ1) is 16.9. The maximum Gasteiger partial charge on any atom is 0.241 e. The van der Waals surface area contributed by atoms with Crippen molar-refractivity contribution in [2.75, 3.05) is 11.9 Å². The summed E-state index contributed by atoms with van der Waals surface area (Å²) in [7, 11) is 0. The van der Waals surface area contributed by atoms with Gasteiger partial charge in [-0.2, -0.15) is 0 Å². The van der Waals surface area contributed by atoms with Gasteiger partial charge >= 0.3 is 0 Å². The minimum absolute atomic E-state index is 0.0916. The Morgan fingerprint density at radius 3 is 2.91 bits per heavy atom. The van der Waals surface area contributed by atoms with E-state index in [0.29, 0.717) is 32.3 Å². The molecule has 2 heterocycles. The van der Waals surface area contributed by atoms with Gasteiger partial charge in [0, 0.05) is 23.1 Å². The number of carbonyl (C=O) groups is 1. The highest BCUT2D eigenvalue weighted by Crippen LogP contribution is 2.28. The molecule has 0 saturated carbocycles. The summed E-state index contributed by atoms with van der Waals surface area (Å²) in [5, 5.41) is 7.82. The van der Waals surface area contributed by atoms with Crippen LogP contribution in [0, 0.1) is 0 Å². The number of rotatable bonds is 4. The number of nitrogens with zero attached hydrogens (tertiary/aromatic N) is 3. The first-order valence-electron chi connectivity index (χ1n) is 7.01. The lowest BCUT2D eigenvalue weighted by molar-refractivity contribution is -0.120. The molecule has 0 radical (unpaired) electrons. The predicted molar refractivity (Wildman–Crippen MR) is 93.4 cm³/mol. The molecule has 1 atom stereocenters. The Morgan fingerprint density at radius 1 is 1.39 bits per heavy atom. The number of aromatic nitrogens is 2. The van der Waals surface area contributed by atoms with Crippen LogP contribution in [0.1, 0.15) is 18.5 Å². The minimum atomic E-state index is -0.237. The average Bonchev–Trinajstić information content (AvgIpc) is 3.12. The normalized spacial score (nSPS) is 18.3. The molecule has 1 fully saturated rings. The lowest BCUT2D eigenvalue weighted by Gasteiger charge is -2.23. The fourth-order valence-corrected chi connectivity index (χ4v) is 3.67. The minimum Gasteiger partial charge on any atom is -0.323 e. The average molecular weight is 392 g/mol. The van der Waals surface area contributed by atoms with Gasteiger partial charge in [0.1, 0.15) is 10.0 Å². The van der Waals surface area contributed by atoms with Crippen molar-refractivity contribution in [1.82, 2.24) is 14.5 Å². The van der Waals surface area contributed by atoms with E-state index >= 15 is 0 Å². The number of hydrogen-bond donors (Lipinski definition) is 1. The van der Waals surface area contributed by atoms with E-state index in [2.05, 4.69) is 19.8 Å². The van der Waals surface area contributed by atoms with Crippen LogP contribution >= 0.6 is 46.3 Å². The third-order valence-corrected chi connectivity index (χ3v) is 5.25. The highest BCUT2D eigenvalue weighted by Gasteiger charge is 2.32. The molecule has 5 nitrogen and oxygen atoms in total. The Balaban J connectivity index is 1.69. The SMILES string of the molecule is O=C(Nc1ccc(Cl)cc1Cl)[C@H]1CCCN1Cc1nnsc1Cl. The third kappa shape index (κ3) is 3.95. The Bertz CT molecular complexity index is 724. The van der Waals surface area contributed by atoms with E-state index in [1.54, 1.807) is 18.2 Å². The van der Waals surface area contributed by atoms with E-state index in [9.17, 15) is 4.79 Å². The Hall–Kier alpha value is -0.920. The topological polar surface area (TPSA) is 58.1 Å². The van der Waals surface area contributed by atoms with Crippen molar-refractivity contribution in [2.24, 2.45) is 0 Å².